The van der Waals surface area contributed by atoms with Crippen LogP contribution >= 0.6 is 0 Å². The average molecular weight is 116 g/mol. The molecule has 0 bridgehead atoms. The number of hydrogen-bond acceptors (Lipinski definition) is 3. The first-order valence-electron chi connectivity index (χ1n) is 2.72. The summed E-state index contributed by atoms with van der Waals surface area (Å²) >= 11 is 0. The van der Waals surface area contributed by atoms with Gasteiger partial charge in [0.15, 0.2) is 0 Å². The monoisotopic (exact) mass is 116 g/mol. The first-order valence-corrected chi connectivity index (χ1v) is 2.72. The van der Waals surface area contributed by atoms with Crippen molar-refractivity contribution in [1.82, 2.24) is 0 Å². The van der Waals surface area contributed by atoms with E-state index in [1.165, 1.54) is 0 Å². The highest BCUT2D eigenvalue weighted by atomic mass is 16.1. The van der Waals surface area contributed by atoms with E-state index in [0.29, 0.717) is 13.0 Å². The van der Waals surface area contributed by atoms with E-state index in [-0.39, 0.29) is 6.04 Å². The van der Waals surface area contributed by atoms with Crippen molar-refractivity contribution in [3.63, 3.8) is 0 Å². The molecule has 0 fully saturated rings. The molecule has 3 nitrogen and oxygen atoms in total. The first kappa shape index (κ1) is 7.59. The molecule has 0 aliphatic carbocycles. The summed E-state index contributed by atoms with van der Waals surface area (Å²) in [5, 5.41) is 0. The highest BCUT2D eigenvalue weighted by Gasteiger charge is 1.95. The molecule has 4 N–H and O–H groups in total. The molecular weight excluding hydrogens is 104 g/mol. The lowest BCUT2D eigenvalue weighted by atomic mass is 10.2. The van der Waals surface area contributed by atoms with E-state index >= 15 is 0 Å². The fraction of sp³-hybridized carbons (Fsp3) is 0.800. The number of hydrogen-bond donors (Lipinski definition) is 2. The maximum Gasteiger partial charge on any atom is 0.136 e. The molecule has 0 spiro atoms. The summed E-state index contributed by atoms with van der Waals surface area (Å²) in [7, 11) is 0. The van der Waals surface area contributed by atoms with E-state index in [4.69, 9.17) is 11.5 Å². The van der Waals surface area contributed by atoms with Crippen LogP contribution in [0.2, 0.25) is 0 Å². The van der Waals surface area contributed by atoms with Crippen molar-refractivity contribution in [1.29, 1.82) is 0 Å². The minimum Gasteiger partial charge on any atom is -0.330 e. The lowest BCUT2D eigenvalue weighted by Gasteiger charge is -1.98. The highest BCUT2D eigenvalue weighted by molar-refractivity contribution is 5.56. The molecule has 0 unspecified atom stereocenters. The Balaban J connectivity index is 2.98. The summed E-state index contributed by atoms with van der Waals surface area (Å²) in [5.74, 6) is 0. The zero-order chi connectivity index (χ0) is 6.41. The Hall–Kier alpha value is -0.410. The van der Waals surface area contributed by atoms with Gasteiger partial charge in [0.25, 0.3) is 0 Å². The van der Waals surface area contributed by atoms with E-state index in [0.717, 1.165) is 12.7 Å². The van der Waals surface area contributed by atoms with Crippen LogP contribution in [0.25, 0.3) is 0 Å². The van der Waals surface area contributed by atoms with E-state index in [1.807, 2.05) is 0 Å². The van der Waals surface area contributed by atoms with Gasteiger partial charge in [0.2, 0.25) is 0 Å². The second kappa shape index (κ2) is 4.74. The molecule has 0 saturated heterocycles. The quantitative estimate of drug-likeness (QED) is 0.475. The van der Waals surface area contributed by atoms with Gasteiger partial charge in [-0.05, 0) is 19.4 Å². The Morgan fingerprint density at radius 3 is 2.62 bits per heavy atom. The molecule has 8 heavy (non-hydrogen) atoms. The van der Waals surface area contributed by atoms with Gasteiger partial charge in [0.05, 0.1) is 6.04 Å². The zero-order valence-electron chi connectivity index (χ0n) is 4.84. The van der Waals surface area contributed by atoms with E-state index in [9.17, 15) is 4.79 Å². The molecule has 1 atom stereocenters. The Labute approximate surface area is 49.0 Å². The predicted octanol–water partition coefficient (Wildman–Crippen LogP) is -0.748. The number of rotatable bonds is 4. The van der Waals surface area contributed by atoms with Crippen LogP contribution < -0.4 is 11.5 Å². The van der Waals surface area contributed by atoms with Gasteiger partial charge in [-0.25, -0.2) is 0 Å². The third-order valence-corrected chi connectivity index (χ3v) is 0.916. The Morgan fingerprint density at radius 1 is 1.62 bits per heavy atom. The van der Waals surface area contributed by atoms with Gasteiger partial charge in [-0.1, -0.05) is 0 Å². The smallest absolute Gasteiger partial charge is 0.136 e. The van der Waals surface area contributed by atoms with Gasteiger partial charge < -0.3 is 16.3 Å². The van der Waals surface area contributed by atoms with Crippen LogP contribution in [0.15, 0.2) is 0 Å². The van der Waals surface area contributed by atoms with Gasteiger partial charge in [-0.2, -0.15) is 0 Å². The molecule has 48 valence electrons. The Morgan fingerprint density at radius 2 is 2.25 bits per heavy atom. The highest BCUT2D eigenvalue weighted by Crippen LogP contribution is 1.87. The minimum atomic E-state index is -0.307. The maximum atomic E-state index is 9.84. The Bertz CT molecular complexity index is 65.4. The van der Waals surface area contributed by atoms with Crippen LogP contribution in [0.3, 0.4) is 0 Å². The standard InChI is InChI=1S/C5H12N2O/c6-3-1-2-5(7)4-8/h4-5H,1-3,6-7H2/t5-/m0/s1. The first-order chi connectivity index (χ1) is 3.81. The largest absolute Gasteiger partial charge is 0.330 e. The van der Waals surface area contributed by atoms with Crippen molar-refractivity contribution in [2.75, 3.05) is 6.54 Å². The molecule has 0 heterocycles. The predicted molar refractivity (Wildman–Crippen MR) is 32.3 cm³/mol. The molecule has 0 rings (SSSR count). The molecule has 0 aromatic heterocycles. The van der Waals surface area contributed by atoms with Crippen LogP contribution in [-0.2, 0) is 4.79 Å². The summed E-state index contributed by atoms with van der Waals surface area (Å²) in [6.07, 6.45) is 2.29. The van der Waals surface area contributed by atoms with Gasteiger partial charge in [0, 0.05) is 0 Å². The fourth-order valence-electron chi connectivity index (χ4n) is 0.422. The van der Waals surface area contributed by atoms with E-state index in [2.05, 4.69) is 0 Å². The van der Waals surface area contributed by atoms with Gasteiger partial charge in [-0.3, -0.25) is 0 Å². The number of carbonyl (C=O) groups excluding carboxylic acids is 1. The molecule has 0 radical (unpaired) electrons. The number of carbonyl (C=O) groups is 1. The summed E-state index contributed by atoms with van der Waals surface area (Å²) in [6, 6.07) is -0.307. The summed E-state index contributed by atoms with van der Waals surface area (Å²) in [5.41, 5.74) is 10.4. The van der Waals surface area contributed by atoms with Crippen molar-refractivity contribution in [3.8, 4) is 0 Å². The molecule has 0 aliphatic rings. The normalized spacial score (nSPS) is 13.2. The maximum absolute atomic E-state index is 9.84. The number of nitrogens with two attached hydrogens (primary N) is 2. The van der Waals surface area contributed by atoms with Crippen LogP contribution in [0.1, 0.15) is 12.8 Å². The molecular formula is C5H12N2O. The lowest BCUT2D eigenvalue weighted by molar-refractivity contribution is -0.109. The zero-order valence-corrected chi connectivity index (χ0v) is 4.84. The topological polar surface area (TPSA) is 69.1 Å². The van der Waals surface area contributed by atoms with Gasteiger partial charge >= 0.3 is 0 Å². The van der Waals surface area contributed by atoms with Crippen molar-refractivity contribution >= 4 is 6.29 Å². The van der Waals surface area contributed by atoms with Crippen LogP contribution in [0.4, 0.5) is 0 Å². The van der Waals surface area contributed by atoms with Gasteiger partial charge in [-0.15, -0.1) is 0 Å². The SMILES string of the molecule is NCCC[C@H](N)C=O. The number of aldehydes is 1. The third kappa shape index (κ3) is 3.77. The van der Waals surface area contributed by atoms with Crippen molar-refractivity contribution in [3.05, 3.63) is 0 Å². The third-order valence-electron chi connectivity index (χ3n) is 0.916. The minimum absolute atomic E-state index is 0.307. The molecule has 0 aliphatic heterocycles. The summed E-state index contributed by atoms with van der Waals surface area (Å²) < 4.78 is 0. The van der Waals surface area contributed by atoms with Crippen molar-refractivity contribution in [2.45, 2.75) is 18.9 Å². The second-order valence-corrected chi connectivity index (χ2v) is 1.73. The summed E-state index contributed by atoms with van der Waals surface area (Å²) in [4.78, 5) is 9.84. The molecule has 3 heteroatoms. The molecule has 0 aromatic rings. The lowest BCUT2D eigenvalue weighted by Crippen LogP contribution is -2.22. The van der Waals surface area contributed by atoms with Crippen molar-refractivity contribution in [2.24, 2.45) is 11.5 Å². The Kier molecular flexibility index (Phi) is 4.50. The van der Waals surface area contributed by atoms with E-state index < -0.39 is 0 Å². The van der Waals surface area contributed by atoms with Crippen LogP contribution in [0.5, 0.6) is 0 Å². The van der Waals surface area contributed by atoms with Gasteiger partial charge in [0.1, 0.15) is 6.29 Å². The molecule has 0 aromatic carbocycles. The molecule has 0 saturated carbocycles. The van der Waals surface area contributed by atoms with E-state index in [1.54, 1.807) is 0 Å². The summed E-state index contributed by atoms with van der Waals surface area (Å²) in [6.45, 7) is 0.613. The van der Waals surface area contributed by atoms with Crippen LogP contribution in [0, 0.1) is 0 Å². The molecule has 0 amide bonds. The fourth-order valence-corrected chi connectivity index (χ4v) is 0.422. The second-order valence-electron chi connectivity index (χ2n) is 1.73. The average Bonchev–Trinajstić information content (AvgIpc) is 1.83. The van der Waals surface area contributed by atoms with Crippen molar-refractivity contribution < 1.29 is 4.79 Å². The van der Waals surface area contributed by atoms with Crippen LogP contribution in [-0.4, -0.2) is 18.9 Å².